The molecule has 0 unspecified atom stereocenters. The molecule has 0 aliphatic heterocycles. The van der Waals surface area contributed by atoms with Gasteiger partial charge in [0.15, 0.2) is 12.7 Å². The smallest absolute Gasteiger partial charge is 0.277 e. The van der Waals surface area contributed by atoms with Crippen molar-refractivity contribution in [1.82, 2.24) is 0 Å². The number of pyridine rings is 1. The first-order valence-corrected chi connectivity index (χ1v) is 5.06. The van der Waals surface area contributed by atoms with Gasteiger partial charge >= 0.3 is 15.1 Å². The van der Waals surface area contributed by atoms with Gasteiger partial charge in [-0.05, 0) is 12.1 Å². The molecule has 1 rings (SSSR count). The van der Waals surface area contributed by atoms with E-state index in [0.717, 1.165) is 0 Å². The standard InChI is InChI=1S/C8H9NO3S/c1-2-6-9-7-4-3-5-8(9)13(10,11)12/h2-5,7H,1,6H2/p+1. The van der Waals surface area contributed by atoms with Crippen LogP contribution < -0.4 is 4.57 Å². The summed E-state index contributed by atoms with van der Waals surface area (Å²) in [7, 11) is -4.14. The van der Waals surface area contributed by atoms with E-state index in [9.17, 15) is 8.42 Å². The Morgan fingerprint density at radius 2 is 2.23 bits per heavy atom. The molecule has 0 saturated heterocycles. The number of aromatic nitrogens is 1. The Bertz CT molecular complexity index is 411. The van der Waals surface area contributed by atoms with E-state index in [4.69, 9.17) is 4.55 Å². The lowest BCUT2D eigenvalue weighted by Gasteiger charge is -1.96. The highest BCUT2D eigenvalue weighted by atomic mass is 32.2. The summed E-state index contributed by atoms with van der Waals surface area (Å²) in [4.78, 5) is 0. The van der Waals surface area contributed by atoms with Crippen molar-refractivity contribution in [2.24, 2.45) is 0 Å². The van der Waals surface area contributed by atoms with E-state index in [0.29, 0.717) is 6.54 Å². The van der Waals surface area contributed by atoms with Crippen molar-refractivity contribution in [3.63, 3.8) is 0 Å². The van der Waals surface area contributed by atoms with Crippen molar-refractivity contribution in [3.05, 3.63) is 37.1 Å². The SMILES string of the molecule is C=CC[n+]1ccccc1S(=O)(=O)O. The van der Waals surface area contributed by atoms with Crippen LogP contribution in [-0.4, -0.2) is 13.0 Å². The van der Waals surface area contributed by atoms with Crippen molar-refractivity contribution in [2.45, 2.75) is 11.6 Å². The lowest BCUT2D eigenvalue weighted by molar-refractivity contribution is -0.724. The summed E-state index contributed by atoms with van der Waals surface area (Å²) in [6, 6.07) is 4.56. The molecular weight excluding hydrogens is 190 g/mol. The van der Waals surface area contributed by atoms with Crippen molar-refractivity contribution in [2.75, 3.05) is 0 Å². The summed E-state index contributed by atoms with van der Waals surface area (Å²) < 4.78 is 31.9. The van der Waals surface area contributed by atoms with Crippen LogP contribution in [0.3, 0.4) is 0 Å². The molecular formula is C8H10NO3S+. The second-order valence-electron chi connectivity index (χ2n) is 2.45. The van der Waals surface area contributed by atoms with E-state index in [1.54, 1.807) is 24.4 Å². The molecule has 0 spiro atoms. The molecule has 0 fully saturated rings. The Morgan fingerprint density at radius 1 is 1.54 bits per heavy atom. The summed E-state index contributed by atoms with van der Waals surface area (Å²) >= 11 is 0. The predicted octanol–water partition coefficient (Wildman–Crippen LogP) is 0.407. The molecule has 1 heterocycles. The Kier molecular flexibility index (Phi) is 2.79. The normalized spacial score (nSPS) is 11.2. The zero-order valence-electron chi connectivity index (χ0n) is 6.92. The van der Waals surface area contributed by atoms with Crippen LogP contribution in [0.15, 0.2) is 42.1 Å². The summed E-state index contributed by atoms with van der Waals surface area (Å²) in [6.07, 6.45) is 3.11. The lowest BCUT2D eigenvalue weighted by Crippen LogP contribution is -2.38. The quantitative estimate of drug-likeness (QED) is 0.436. The van der Waals surface area contributed by atoms with Gasteiger partial charge in [-0.2, -0.15) is 13.0 Å². The number of allylic oxidation sites excluding steroid dienone is 1. The molecule has 5 heteroatoms. The fraction of sp³-hybridized carbons (Fsp3) is 0.125. The Hall–Kier alpha value is -1.20. The third-order valence-corrected chi connectivity index (χ3v) is 2.39. The molecule has 0 bridgehead atoms. The van der Waals surface area contributed by atoms with E-state index in [-0.39, 0.29) is 5.03 Å². The molecule has 0 atom stereocenters. The van der Waals surface area contributed by atoms with Crippen molar-refractivity contribution in [1.29, 1.82) is 0 Å². The molecule has 0 saturated carbocycles. The average molecular weight is 200 g/mol. The first-order chi connectivity index (χ1) is 6.05. The van der Waals surface area contributed by atoms with Gasteiger partial charge in [-0.1, -0.05) is 6.58 Å². The van der Waals surface area contributed by atoms with Gasteiger partial charge < -0.3 is 0 Å². The average Bonchev–Trinajstić information content (AvgIpc) is 2.04. The van der Waals surface area contributed by atoms with Gasteiger partial charge in [0.2, 0.25) is 0 Å². The number of rotatable bonds is 3. The van der Waals surface area contributed by atoms with E-state index in [2.05, 4.69) is 6.58 Å². The number of hydrogen-bond donors (Lipinski definition) is 1. The maximum atomic E-state index is 10.8. The number of nitrogens with zero attached hydrogens (tertiary/aromatic N) is 1. The van der Waals surface area contributed by atoms with Crippen molar-refractivity contribution < 1.29 is 17.5 Å². The molecule has 1 aromatic heterocycles. The summed E-state index contributed by atoms with van der Waals surface area (Å²) in [5, 5.41) is -0.130. The Morgan fingerprint density at radius 3 is 2.77 bits per heavy atom. The van der Waals surface area contributed by atoms with Crippen LogP contribution >= 0.6 is 0 Å². The highest BCUT2D eigenvalue weighted by Gasteiger charge is 2.21. The molecule has 0 aliphatic carbocycles. The van der Waals surface area contributed by atoms with Crippen LogP contribution in [0, 0.1) is 0 Å². The Balaban J connectivity index is 3.28. The molecule has 1 N–H and O–H groups in total. The third kappa shape index (κ3) is 2.37. The fourth-order valence-corrected chi connectivity index (χ4v) is 1.67. The minimum Gasteiger partial charge on any atom is -0.277 e. The topological polar surface area (TPSA) is 58.2 Å². The summed E-state index contributed by atoms with van der Waals surface area (Å²) in [5.41, 5.74) is 0. The maximum absolute atomic E-state index is 10.8. The molecule has 13 heavy (non-hydrogen) atoms. The minimum atomic E-state index is -4.14. The molecule has 4 nitrogen and oxygen atoms in total. The van der Waals surface area contributed by atoms with E-state index in [1.165, 1.54) is 10.6 Å². The molecule has 0 aliphatic rings. The molecule has 1 aromatic rings. The fourth-order valence-electron chi connectivity index (χ4n) is 0.985. The second kappa shape index (κ2) is 3.68. The van der Waals surface area contributed by atoms with Gasteiger partial charge in [-0.25, -0.2) is 0 Å². The van der Waals surface area contributed by atoms with E-state index < -0.39 is 10.1 Å². The minimum absolute atomic E-state index is 0.130. The largest absolute Gasteiger partial charge is 0.355 e. The highest BCUT2D eigenvalue weighted by molar-refractivity contribution is 7.85. The van der Waals surface area contributed by atoms with Gasteiger partial charge in [-0.3, -0.25) is 4.55 Å². The third-order valence-electron chi connectivity index (χ3n) is 1.49. The van der Waals surface area contributed by atoms with E-state index in [1.807, 2.05) is 0 Å². The van der Waals surface area contributed by atoms with Crippen LogP contribution in [0.4, 0.5) is 0 Å². The van der Waals surface area contributed by atoms with Crippen LogP contribution in [0.1, 0.15) is 0 Å². The molecule has 0 amide bonds. The second-order valence-corrected chi connectivity index (χ2v) is 3.82. The predicted molar refractivity (Wildman–Crippen MR) is 46.6 cm³/mol. The van der Waals surface area contributed by atoms with Gasteiger partial charge in [0, 0.05) is 12.1 Å². The Labute approximate surface area is 76.9 Å². The zero-order valence-corrected chi connectivity index (χ0v) is 7.74. The van der Waals surface area contributed by atoms with Crippen molar-refractivity contribution >= 4 is 10.1 Å². The van der Waals surface area contributed by atoms with Gasteiger partial charge in [-0.15, -0.1) is 0 Å². The van der Waals surface area contributed by atoms with Crippen LogP contribution in [0.2, 0.25) is 0 Å². The maximum Gasteiger partial charge on any atom is 0.355 e. The number of hydrogen-bond acceptors (Lipinski definition) is 2. The molecule has 0 radical (unpaired) electrons. The van der Waals surface area contributed by atoms with Crippen molar-refractivity contribution in [3.8, 4) is 0 Å². The zero-order chi connectivity index (χ0) is 9.90. The summed E-state index contributed by atoms with van der Waals surface area (Å²) in [6.45, 7) is 3.83. The first kappa shape index (κ1) is 9.88. The lowest BCUT2D eigenvalue weighted by atomic mass is 10.5. The molecule has 0 aromatic carbocycles. The monoisotopic (exact) mass is 200 g/mol. The van der Waals surface area contributed by atoms with Gasteiger partial charge in [0.1, 0.15) is 0 Å². The first-order valence-electron chi connectivity index (χ1n) is 3.62. The van der Waals surface area contributed by atoms with Crippen LogP contribution in [0.25, 0.3) is 0 Å². The van der Waals surface area contributed by atoms with Crippen LogP contribution in [0.5, 0.6) is 0 Å². The van der Waals surface area contributed by atoms with E-state index >= 15 is 0 Å². The molecule has 70 valence electrons. The van der Waals surface area contributed by atoms with Gasteiger partial charge in [0.25, 0.3) is 0 Å². The van der Waals surface area contributed by atoms with Gasteiger partial charge in [0.05, 0.1) is 0 Å². The summed E-state index contributed by atoms with van der Waals surface area (Å²) in [5.74, 6) is 0. The van der Waals surface area contributed by atoms with Crippen LogP contribution in [-0.2, 0) is 16.7 Å². The highest BCUT2D eigenvalue weighted by Crippen LogP contribution is 2.00.